The molecule has 0 saturated carbocycles. The number of halogens is 1. The summed E-state index contributed by atoms with van der Waals surface area (Å²) in [7, 11) is 2.14. The van der Waals surface area contributed by atoms with Crippen molar-refractivity contribution in [1.82, 2.24) is 9.80 Å². The monoisotopic (exact) mass is 377 g/mol. The van der Waals surface area contributed by atoms with Gasteiger partial charge in [0.2, 0.25) is 0 Å². The van der Waals surface area contributed by atoms with Crippen LogP contribution in [-0.4, -0.2) is 74.2 Å². The van der Waals surface area contributed by atoms with E-state index >= 15 is 0 Å². The van der Waals surface area contributed by atoms with Crippen molar-refractivity contribution in [2.24, 2.45) is 0 Å². The maximum absolute atomic E-state index is 13.1. The van der Waals surface area contributed by atoms with Crippen LogP contribution in [0.2, 0.25) is 5.02 Å². The molecule has 1 spiro atoms. The molecule has 0 radical (unpaired) electrons. The molecule has 3 fully saturated rings. The van der Waals surface area contributed by atoms with E-state index in [1.54, 1.807) is 0 Å². The molecule has 6 heteroatoms. The fraction of sp³-hybridized carbons (Fsp3) is 0.650. The molecule has 3 aliphatic rings. The van der Waals surface area contributed by atoms with Gasteiger partial charge in [-0.3, -0.25) is 4.79 Å². The van der Waals surface area contributed by atoms with Gasteiger partial charge in [0.15, 0.2) is 0 Å². The summed E-state index contributed by atoms with van der Waals surface area (Å²) in [5.74, 6) is 0.0708. The molecule has 0 atom stereocenters. The van der Waals surface area contributed by atoms with Crippen LogP contribution in [0.25, 0.3) is 0 Å². The summed E-state index contributed by atoms with van der Waals surface area (Å²) in [6.45, 7) is 6.11. The lowest BCUT2D eigenvalue weighted by Crippen LogP contribution is -2.57. The van der Waals surface area contributed by atoms with Gasteiger partial charge < -0.3 is 19.4 Å². The number of carbonyl (C=O) groups is 1. The third kappa shape index (κ3) is 3.57. The number of rotatable bonds is 2. The predicted molar refractivity (Wildman–Crippen MR) is 104 cm³/mol. The van der Waals surface area contributed by atoms with Crippen LogP contribution in [0, 0.1) is 0 Å². The highest BCUT2D eigenvalue weighted by atomic mass is 35.5. The molecule has 0 aromatic heterocycles. The second-order valence-electron chi connectivity index (χ2n) is 7.92. The lowest BCUT2D eigenvalue weighted by molar-refractivity contribution is -0.125. The second-order valence-corrected chi connectivity index (χ2v) is 8.33. The number of benzene rings is 1. The zero-order valence-corrected chi connectivity index (χ0v) is 16.3. The minimum absolute atomic E-state index is 0.0708. The minimum Gasteiger partial charge on any atom is -0.371 e. The van der Waals surface area contributed by atoms with E-state index in [1.165, 1.54) is 12.8 Å². The molecule has 0 aliphatic carbocycles. The molecular formula is C20H28ClN3O2. The fourth-order valence-corrected chi connectivity index (χ4v) is 4.68. The first-order valence-electron chi connectivity index (χ1n) is 9.73. The zero-order valence-electron chi connectivity index (χ0n) is 15.5. The molecule has 0 bridgehead atoms. The molecule has 0 unspecified atom stereocenters. The lowest BCUT2D eigenvalue weighted by Gasteiger charge is -2.46. The Labute approximate surface area is 160 Å². The van der Waals surface area contributed by atoms with E-state index in [1.807, 2.05) is 23.1 Å². The van der Waals surface area contributed by atoms with Crippen molar-refractivity contribution >= 4 is 23.2 Å². The average molecular weight is 378 g/mol. The second kappa shape index (κ2) is 7.37. The van der Waals surface area contributed by atoms with Gasteiger partial charge in [0.05, 0.1) is 29.5 Å². The van der Waals surface area contributed by atoms with Gasteiger partial charge in [0, 0.05) is 38.3 Å². The highest BCUT2D eigenvalue weighted by molar-refractivity contribution is 6.33. The van der Waals surface area contributed by atoms with Crippen LogP contribution in [0.4, 0.5) is 5.69 Å². The van der Waals surface area contributed by atoms with Crippen LogP contribution in [0.15, 0.2) is 18.2 Å². The summed E-state index contributed by atoms with van der Waals surface area (Å²) in [5.41, 5.74) is 1.57. The SMILES string of the molecule is CN1CCC2(CC1)CN(C(=O)c1ccc(N3CCCC3)c(Cl)c1)CCO2. The van der Waals surface area contributed by atoms with E-state index in [9.17, 15) is 4.79 Å². The fourth-order valence-electron chi connectivity index (χ4n) is 4.38. The zero-order chi connectivity index (χ0) is 18.1. The summed E-state index contributed by atoms with van der Waals surface area (Å²) < 4.78 is 6.13. The lowest BCUT2D eigenvalue weighted by atomic mass is 9.89. The molecule has 3 saturated heterocycles. The van der Waals surface area contributed by atoms with Gasteiger partial charge in [-0.2, -0.15) is 0 Å². The molecule has 1 aromatic rings. The average Bonchev–Trinajstić information content (AvgIpc) is 3.18. The number of anilines is 1. The summed E-state index contributed by atoms with van der Waals surface area (Å²) in [6.07, 6.45) is 4.40. The Balaban J connectivity index is 1.47. The molecule has 1 amide bonds. The Hall–Kier alpha value is -1.30. The number of hydrogen-bond acceptors (Lipinski definition) is 4. The molecule has 142 valence electrons. The van der Waals surface area contributed by atoms with Crippen molar-refractivity contribution in [3.8, 4) is 0 Å². The van der Waals surface area contributed by atoms with Crippen molar-refractivity contribution in [1.29, 1.82) is 0 Å². The maximum Gasteiger partial charge on any atom is 0.254 e. The summed E-state index contributed by atoms with van der Waals surface area (Å²) in [6, 6.07) is 5.78. The van der Waals surface area contributed by atoms with E-state index in [0.717, 1.165) is 44.7 Å². The van der Waals surface area contributed by atoms with Crippen LogP contribution in [-0.2, 0) is 4.74 Å². The van der Waals surface area contributed by atoms with Crippen LogP contribution < -0.4 is 4.90 Å². The first kappa shape index (κ1) is 18.1. The highest BCUT2D eigenvalue weighted by Gasteiger charge is 2.40. The van der Waals surface area contributed by atoms with Gasteiger partial charge in [0.25, 0.3) is 5.91 Å². The van der Waals surface area contributed by atoms with Crippen LogP contribution in [0.5, 0.6) is 0 Å². The molecule has 3 heterocycles. The number of carbonyl (C=O) groups excluding carboxylic acids is 1. The van der Waals surface area contributed by atoms with Crippen LogP contribution in [0.1, 0.15) is 36.0 Å². The molecule has 5 nitrogen and oxygen atoms in total. The summed E-state index contributed by atoms with van der Waals surface area (Å²) in [4.78, 5) is 19.6. The Morgan fingerprint density at radius 1 is 1.12 bits per heavy atom. The molecule has 0 N–H and O–H groups in total. The Kier molecular flexibility index (Phi) is 5.13. The number of amides is 1. The van der Waals surface area contributed by atoms with Crippen molar-refractivity contribution in [3.05, 3.63) is 28.8 Å². The van der Waals surface area contributed by atoms with Gasteiger partial charge in [-0.15, -0.1) is 0 Å². The van der Waals surface area contributed by atoms with Gasteiger partial charge >= 0.3 is 0 Å². The topological polar surface area (TPSA) is 36.0 Å². The summed E-state index contributed by atoms with van der Waals surface area (Å²) >= 11 is 6.51. The first-order chi connectivity index (χ1) is 12.6. The molecule has 4 rings (SSSR count). The van der Waals surface area contributed by atoms with Gasteiger partial charge in [-0.05, 0) is 50.9 Å². The molecule has 26 heavy (non-hydrogen) atoms. The van der Waals surface area contributed by atoms with Crippen molar-refractivity contribution < 1.29 is 9.53 Å². The van der Waals surface area contributed by atoms with E-state index in [2.05, 4.69) is 16.8 Å². The van der Waals surface area contributed by atoms with Crippen molar-refractivity contribution in [2.45, 2.75) is 31.3 Å². The first-order valence-corrected chi connectivity index (χ1v) is 10.1. The third-order valence-electron chi connectivity index (χ3n) is 6.08. The highest BCUT2D eigenvalue weighted by Crippen LogP contribution is 2.32. The van der Waals surface area contributed by atoms with E-state index in [4.69, 9.17) is 16.3 Å². The normalized spacial score (nSPS) is 23.6. The predicted octanol–water partition coefficient (Wildman–Crippen LogP) is 2.88. The van der Waals surface area contributed by atoms with E-state index < -0.39 is 0 Å². The van der Waals surface area contributed by atoms with E-state index in [0.29, 0.717) is 30.3 Å². The molecule has 3 aliphatic heterocycles. The van der Waals surface area contributed by atoms with Crippen molar-refractivity contribution in [3.63, 3.8) is 0 Å². The number of morpholine rings is 1. The van der Waals surface area contributed by atoms with Crippen LogP contribution >= 0.6 is 11.6 Å². The van der Waals surface area contributed by atoms with Crippen LogP contribution in [0.3, 0.4) is 0 Å². The molecular weight excluding hydrogens is 350 g/mol. The van der Waals surface area contributed by atoms with Gasteiger partial charge in [-0.1, -0.05) is 11.6 Å². The maximum atomic E-state index is 13.1. The Morgan fingerprint density at radius 3 is 2.54 bits per heavy atom. The van der Waals surface area contributed by atoms with Crippen molar-refractivity contribution in [2.75, 3.05) is 57.8 Å². The van der Waals surface area contributed by atoms with Gasteiger partial charge in [0.1, 0.15) is 0 Å². The number of hydrogen-bond donors (Lipinski definition) is 0. The van der Waals surface area contributed by atoms with Gasteiger partial charge in [-0.25, -0.2) is 0 Å². The number of nitrogens with zero attached hydrogens (tertiary/aromatic N) is 3. The smallest absolute Gasteiger partial charge is 0.254 e. The summed E-state index contributed by atoms with van der Waals surface area (Å²) in [5, 5.41) is 0.681. The Morgan fingerprint density at radius 2 is 1.85 bits per heavy atom. The number of likely N-dealkylation sites (tertiary alicyclic amines) is 1. The Bertz CT molecular complexity index is 667. The van der Waals surface area contributed by atoms with E-state index in [-0.39, 0.29) is 11.5 Å². The standard InChI is InChI=1S/C20H28ClN3O2/c1-22-10-6-20(7-11-22)15-24(12-13-26-20)19(25)16-4-5-18(17(21)14-16)23-8-2-3-9-23/h4-5,14H,2-3,6-13,15H2,1H3. The number of ether oxygens (including phenoxy) is 1. The molecule has 1 aromatic carbocycles. The quantitative estimate of drug-likeness (QED) is 0.794. The third-order valence-corrected chi connectivity index (χ3v) is 6.38. The largest absolute Gasteiger partial charge is 0.371 e. The minimum atomic E-state index is -0.167. The number of piperidine rings is 1.